The summed E-state index contributed by atoms with van der Waals surface area (Å²) in [6, 6.07) is 0. The van der Waals surface area contributed by atoms with Crippen molar-refractivity contribution in [1.29, 1.82) is 0 Å². The molecule has 2 aromatic rings. The van der Waals surface area contributed by atoms with E-state index >= 15 is 0 Å². The number of halogens is 1. The minimum Gasteiger partial charge on any atom is -0.337 e. The largest absolute Gasteiger partial charge is 0.337 e. The average Bonchev–Trinajstić information content (AvgIpc) is 3.11. The molecule has 0 bridgehead atoms. The third-order valence-corrected chi connectivity index (χ3v) is 3.80. The molecule has 7 heteroatoms. The fourth-order valence-electron chi connectivity index (χ4n) is 1.64. The van der Waals surface area contributed by atoms with Crippen molar-refractivity contribution in [2.45, 2.75) is 32.2 Å². The van der Waals surface area contributed by atoms with Crippen molar-refractivity contribution >= 4 is 15.9 Å². The van der Waals surface area contributed by atoms with Crippen molar-refractivity contribution in [3.63, 3.8) is 0 Å². The molecular weight excluding hydrogens is 300 g/mol. The number of nitrogens with zero attached hydrogens (tertiary/aromatic N) is 4. The van der Waals surface area contributed by atoms with Crippen LogP contribution in [-0.2, 0) is 6.54 Å². The Bertz CT molecular complexity index is 645. The summed E-state index contributed by atoms with van der Waals surface area (Å²) in [5.41, 5.74) is 0.522. The van der Waals surface area contributed by atoms with E-state index in [-0.39, 0.29) is 12.1 Å². The molecule has 0 aromatic carbocycles. The summed E-state index contributed by atoms with van der Waals surface area (Å²) >= 11 is 3.22. The maximum atomic E-state index is 11.9. The van der Waals surface area contributed by atoms with Crippen molar-refractivity contribution < 1.29 is 4.52 Å². The van der Waals surface area contributed by atoms with Gasteiger partial charge in [0.2, 0.25) is 5.89 Å². The third-order valence-electron chi connectivity index (χ3n) is 2.89. The van der Waals surface area contributed by atoms with Crippen LogP contribution in [0.4, 0.5) is 0 Å². The van der Waals surface area contributed by atoms with Crippen molar-refractivity contribution in [1.82, 2.24) is 19.7 Å². The van der Waals surface area contributed by atoms with Crippen LogP contribution in [0.25, 0.3) is 0 Å². The second kappa shape index (κ2) is 4.31. The summed E-state index contributed by atoms with van der Waals surface area (Å²) < 4.78 is 7.04. The molecule has 1 aliphatic carbocycles. The summed E-state index contributed by atoms with van der Waals surface area (Å²) in [6.07, 6.45) is 3.73. The zero-order valence-corrected chi connectivity index (χ0v) is 11.3. The van der Waals surface area contributed by atoms with E-state index in [9.17, 15) is 4.79 Å². The smallest absolute Gasteiger partial charge is 0.268 e. The van der Waals surface area contributed by atoms with E-state index in [2.05, 4.69) is 31.1 Å². The predicted octanol–water partition coefficient (Wildman–Crippen LogP) is 1.62. The molecule has 0 N–H and O–H groups in total. The van der Waals surface area contributed by atoms with Crippen LogP contribution >= 0.6 is 15.9 Å². The first kappa shape index (κ1) is 11.6. The van der Waals surface area contributed by atoms with Gasteiger partial charge in [-0.05, 0) is 35.7 Å². The zero-order valence-electron chi connectivity index (χ0n) is 9.76. The molecule has 0 aliphatic heterocycles. The molecule has 0 spiro atoms. The molecule has 0 saturated heterocycles. The van der Waals surface area contributed by atoms with E-state index in [1.165, 1.54) is 10.9 Å². The molecule has 0 radical (unpaired) electrons. The molecule has 1 fully saturated rings. The Morgan fingerprint density at radius 1 is 1.56 bits per heavy atom. The van der Waals surface area contributed by atoms with Crippen LogP contribution in [0.5, 0.6) is 0 Å². The first-order valence-electron chi connectivity index (χ1n) is 5.69. The van der Waals surface area contributed by atoms with Crippen LogP contribution < -0.4 is 5.56 Å². The van der Waals surface area contributed by atoms with E-state index in [4.69, 9.17) is 4.52 Å². The lowest BCUT2D eigenvalue weighted by Gasteiger charge is -2.03. The fourth-order valence-corrected chi connectivity index (χ4v) is 1.97. The lowest BCUT2D eigenvalue weighted by Crippen LogP contribution is -2.22. The maximum Gasteiger partial charge on any atom is 0.268 e. The number of hydrogen-bond acceptors (Lipinski definition) is 5. The molecule has 2 aromatic heterocycles. The number of hydrogen-bond donors (Lipinski definition) is 0. The number of rotatable bonds is 3. The van der Waals surface area contributed by atoms with Gasteiger partial charge < -0.3 is 4.52 Å². The van der Waals surface area contributed by atoms with Gasteiger partial charge in [-0.25, -0.2) is 4.98 Å². The van der Waals surface area contributed by atoms with Crippen molar-refractivity contribution in [2.24, 2.45) is 0 Å². The van der Waals surface area contributed by atoms with Crippen LogP contribution in [-0.4, -0.2) is 19.7 Å². The standard InChI is InChI=1S/C11H11BrN4O2/c1-6-9(12)11(17)16(5-13-6)4-8-14-10(15-18-8)7-2-3-7/h5,7H,2-4H2,1H3. The Morgan fingerprint density at radius 3 is 3.06 bits per heavy atom. The SMILES string of the molecule is Cc1ncn(Cc2nc(C3CC3)no2)c(=O)c1Br. The van der Waals surface area contributed by atoms with Gasteiger partial charge in [0.1, 0.15) is 11.0 Å². The second-order valence-electron chi connectivity index (χ2n) is 4.40. The highest BCUT2D eigenvalue weighted by atomic mass is 79.9. The van der Waals surface area contributed by atoms with Crippen molar-refractivity contribution in [3.05, 3.63) is 38.6 Å². The van der Waals surface area contributed by atoms with Gasteiger partial charge in [-0.1, -0.05) is 5.16 Å². The molecular formula is C11H11BrN4O2. The first-order valence-corrected chi connectivity index (χ1v) is 6.48. The Hall–Kier alpha value is -1.50. The van der Waals surface area contributed by atoms with Gasteiger partial charge in [-0.2, -0.15) is 4.98 Å². The molecule has 0 unspecified atom stereocenters. The summed E-state index contributed by atoms with van der Waals surface area (Å²) in [5.74, 6) is 1.64. The topological polar surface area (TPSA) is 73.8 Å². The fraction of sp³-hybridized carbons (Fsp3) is 0.455. The molecule has 1 saturated carbocycles. The summed E-state index contributed by atoms with van der Waals surface area (Å²) in [6.45, 7) is 2.03. The molecule has 0 amide bonds. The quantitative estimate of drug-likeness (QED) is 0.861. The Labute approximate surface area is 111 Å². The van der Waals surface area contributed by atoms with Gasteiger partial charge in [-0.3, -0.25) is 9.36 Å². The van der Waals surface area contributed by atoms with E-state index in [0.29, 0.717) is 22.0 Å². The Kier molecular flexibility index (Phi) is 2.77. The van der Waals surface area contributed by atoms with E-state index < -0.39 is 0 Å². The zero-order chi connectivity index (χ0) is 12.7. The lowest BCUT2D eigenvalue weighted by molar-refractivity contribution is 0.364. The molecule has 6 nitrogen and oxygen atoms in total. The highest BCUT2D eigenvalue weighted by Crippen LogP contribution is 2.38. The third kappa shape index (κ3) is 2.10. The van der Waals surface area contributed by atoms with E-state index in [1.807, 2.05) is 0 Å². The van der Waals surface area contributed by atoms with Crippen LogP contribution in [0.3, 0.4) is 0 Å². The molecule has 94 valence electrons. The Balaban J connectivity index is 1.87. The normalized spacial score (nSPS) is 15.0. The minimum absolute atomic E-state index is 0.145. The molecule has 1 aliphatic rings. The Morgan fingerprint density at radius 2 is 2.33 bits per heavy atom. The highest BCUT2D eigenvalue weighted by Gasteiger charge is 2.28. The molecule has 0 atom stereocenters. The summed E-state index contributed by atoms with van der Waals surface area (Å²) in [7, 11) is 0. The molecule has 2 heterocycles. The van der Waals surface area contributed by atoms with Gasteiger partial charge in [0, 0.05) is 5.92 Å². The summed E-state index contributed by atoms with van der Waals surface area (Å²) in [5, 5.41) is 3.91. The van der Waals surface area contributed by atoms with E-state index in [1.54, 1.807) is 6.92 Å². The second-order valence-corrected chi connectivity index (χ2v) is 5.19. The number of aromatic nitrogens is 4. The van der Waals surface area contributed by atoms with Crippen molar-refractivity contribution in [3.8, 4) is 0 Å². The van der Waals surface area contributed by atoms with Gasteiger partial charge in [0.15, 0.2) is 5.82 Å². The van der Waals surface area contributed by atoms with E-state index in [0.717, 1.165) is 18.7 Å². The van der Waals surface area contributed by atoms with Crippen LogP contribution in [0, 0.1) is 6.92 Å². The van der Waals surface area contributed by atoms with Crippen LogP contribution in [0.1, 0.15) is 36.2 Å². The van der Waals surface area contributed by atoms with Crippen LogP contribution in [0.15, 0.2) is 20.1 Å². The monoisotopic (exact) mass is 310 g/mol. The predicted molar refractivity (Wildman–Crippen MR) is 66.3 cm³/mol. The maximum absolute atomic E-state index is 11.9. The number of aryl methyl sites for hydroxylation is 1. The lowest BCUT2D eigenvalue weighted by atomic mass is 10.4. The first-order chi connectivity index (χ1) is 8.65. The van der Waals surface area contributed by atoms with Gasteiger partial charge >= 0.3 is 0 Å². The van der Waals surface area contributed by atoms with Crippen molar-refractivity contribution in [2.75, 3.05) is 0 Å². The minimum atomic E-state index is -0.145. The summed E-state index contributed by atoms with van der Waals surface area (Å²) in [4.78, 5) is 20.3. The molecule has 18 heavy (non-hydrogen) atoms. The van der Waals surface area contributed by atoms with Gasteiger partial charge in [-0.15, -0.1) is 0 Å². The average molecular weight is 311 g/mol. The highest BCUT2D eigenvalue weighted by molar-refractivity contribution is 9.10. The van der Waals surface area contributed by atoms with Crippen LogP contribution in [0.2, 0.25) is 0 Å². The molecule has 3 rings (SSSR count). The van der Waals surface area contributed by atoms with Gasteiger partial charge in [0.25, 0.3) is 5.56 Å². The van der Waals surface area contributed by atoms with Gasteiger partial charge in [0.05, 0.1) is 12.0 Å².